The summed E-state index contributed by atoms with van der Waals surface area (Å²) in [4.78, 5) is 0. The molecule has 2 rings (SSSR count). The Hall–Kier alpha value is -0.890. The van der Waals surface area contributed by atoms with Crippen molar-refractivity contribution in [1.82, 2.24) is 5.32 Å². The number of rotatable bonds is 5. The summed E-state index contributed by atoms with van der Waals surface area (Å²) in [6.07, 6.45) is 2.61. The Morgan fingerprint density at radius 1 is 1.35 bits per heavy atom. The Morgan fingerprint density at radius 3 is 2.71 bits per heavy atom. The van der Waals surface area contributed by atoms with E-state index in [2.05, 4.69) is 19.2 Å². The monoisotopic (exact) mass is 235 g/mol. The maximum Gasteiger partial charge on any atom is 0.126 e. The fourth-order valence-corrected chi connectivity index (χ4v) is 2.14. The van der Waals surface area contributed by atoms with E-state index in [0.29, 0.717) is 5.92 Å². The van der Waals surface area contributed by atoms with Gasteiger partial charge in [-0.2, -0.15) is 0 Å². The van der Waals surface area contributed by atoms with Crippen molar-refractivity contribution < 1.29 is 4.39 Å². The minimum Gasteiger partial charge on any atom is -0.314 e. The second-order valence-corrected chi connectivity index (χ2v) is 5.47. The van der Waals surface area contributed by atoms with Gasteiger partial charge in [0, 0.05) is 6.04 Å². The first kappa shape index (κ1) is 12.6. The Labute approximate surface area is 103 Å². The van der Waals surface area contributed by atoms with Crippen LogP contribution in [0.4, 0.5) is 4.39 Å². The highest BCUT2D eigenvalue weighted by molar-refractivity contribution is 5.27. The lowest BCUT2D eigenvalue weighted by Crippen LogP contribution is -2.26. The van der Waals surface area contributed by atoms with Crippen LogP contribution in [0.15, 0.2) is 18.2 Å². The SMILES string of the molecule is Cc1ccc(F)c(C(C)C(C)CNC2CC2)c1. The third kappa shape index (κ3) is 3.29. The summed E-state index contributed by atoms with van der Waals surface area (Å²) in [6, 6.07) is 6.13. The van der Waals surface area contributed by atoms with Gasteiger partial charge in [-0.1, -0.05) is 31.5 Å². The van der Waals surface area contributed by atoms with Gasteiger partial charge in [0.2, 0.25) is 0 Å². The van der Waals surface area contributed by atoms with Gasteiger partial charge in [0.25, 0.3) is 0 Å². The molecule has 2 heteroatoms. The highest BCUT2D eigenvalue weighted by atomic mass is 19.1. The lowest BCUT2D eigenvalue weighted by atomic mass is 9.87. The van der Waals surface area contributed by atoms with E-state index in [0.717, 1.165) is 23.7 Å². The lowest BCUT2D eigenvalue weighted by Gasteiger charge is -2.21. The molecule has 17 heavy (non-hydrogen) atoms. The number of halogens is 1. The molecule has 2 atom stereocenters. The van der Waals surface area contributed by atoms with Crippen LogP contribution in [0.2, 0.25) is 0 Å². The van der Waals surface area contributed by atoms with Crippen LogP contribution < -0.4 is 5.32 Å². The molecule has 2 unspecified atom stereocenters. The number of hydrogen-bond acceptors (Lipinski definition) is 1. The number of benzene rings is 1. The van der Waals surface area contributed by atoms with Crippen molar-refractivity contribution in [2.75, 3.05) is 6.54 Å². The molecule has 1 aromatic rings. The van der Waals surface area contributed by atoms with Gasteiger partial charge in [-0.25, -0.2) is 4.39 Å². The smallest absolute Gasteiger partial charge is 0.126 e. The Kier molecular flexibility index (Phi) is 3.82. The van der Waals surface area contributed by atoms with E-state index in [-0.39, 0.29) is 11.7 Å². The summed E-state index contributed by atoms with van der Waals surface area (Å²) in [5.41, 5.74) is 1.99. The third-order valence-corrected chi connectivity index (χ3v) is 3.80. The molecule has 0 spiro atoms. The molecule has 94 valence electrons. The highest BCUT2D eigenvalue weighted by Gasteiger charge is 2.23. The zero-order valence-corrected chi connectivity index (χ0v) is 11.0. The summed E-state index contributed by atoms with van der Waals surface area (Å²) in [5, 5.41) is 3.52. The van der Waals surface area contributed by atoms with E-state index < -0.39 is 0 Å². The van der Waals surface area contributed by atoms with Gasteiger partial charge in [0.05, 0.1) is 0 Å². The Bertz CT molecular complexity index is 385. The molecule has 0 radical (unpaired) electrons. The van der Waals surface area contributed by atoms with Crippen LogP contribution in [0.1, 0.15) is 43.7 Å². The van der Waals surface area contributed by atoms with Crippen molar-refractivity contribution in [3.05, 3.63) is 35.1 Å². The molecule has 0 heterocycles. The molecule has 0 saturated heterocycles. The molecule has 1 nitrogen and oxygen atoms in total. The second-order valence-electron chi connectivity index (χ2n) is 5.47. The van der Waals surface area contributed by atoms with Gasteiger partial charge in [-0.05, 0) is 49.8 Å². The summed E-state index contributed by atoms with van der Waals surface area (Å²) >= 11 is 0. The van der Waals surface area contributed by atoms with E-state index in [1.165, 1.54) is 12.8 Å². The molecule has 1 aliphatic carbocycles. The molecule has 1 aliphatic rings. The topological polar surface area (TPSA) is 12.0 Å². The average Bonchev–Trinajstić information content (AvgIpc) is 3.12. The van der Waals surface area contributed by atoms with Crippen LogP contribution in [-0.4, -0.2) is 12.6 Å². The lowest BCUT2D eigenvalue weighted by molar-refractivity contribution is 0.433. The number of aryl methyl sites for hydroxylation is 1. The van der Waals surface area contributed by atoms with Crippen LogP contribution in [0.3, 0.4) is 0 Å². The number of hydrogen-bond donors (Lipinski definition) is 1. The van der Waals surface area contributed by atoms with Gasteiger partial charge in [-0.3, -0.25) is 0 Å². The quantitative estimate of drug-likeness (QED) is 0.822. The first-order valence-electron chi connectivity index (χ1n) is 6.57. The van der Waals surface area contributed by atoms with Gasteiger partial charge >= 0.3 is 0 Å². The minimum atomic E-state index is -0.0682. The van der Waals surface area contributed by atoms with Gasteiger partial charge < -0.3 is 5.32 Å². The van der Waals surface area contributed by atoms with Gasteiger partial charge in [0.1, 0.15) is 5.82 Å². The Morgan fingerprint density at radius 2 is 2.06 bits per heavy atom. The second kappa shape index (κ2) is 5.18. The fraction of sp³-hybridized carbons (Fsp3) is 0.600. The molecule has 1 saturated carbocycles. The van der Waals surface area contributed by atoms with Crippen molar-refractivity contribution in [1.29, 1.82) is 0 Å². The summed E-state index contributed by atoms with van der Waals surface area (Å²) in [6.45, 7) is 7.32. The molecular weight excluding hydrogens is 213 g/mol. The Balaban J connectivity index is 2.00. The van der Waals surface area contributed by atoms with E-state index in [4.69, 9.17) is 0 Å². The minimum absolute atomic E-state index is 0.0682. The standard InChI is InChI=1S/C15H22FN/c1-10-4-7-15(16)14(8-10)12(3)11(2)9-17-13-5-6-13/h4,7-8,11-13,17H,5-6,9H2,1-3H3. The fourth-order valence-electron chi connectivity index (χ4n) is 2.14. The van der Waals surface area contributed by atoms with Gasteiger partial charge in [0.15, 0.2) is 0 Å². The van der Waals surface area contributed by atoms with Crippen molar-refractivity contribution in [3.8, 4) is 0 Å². The molecule has 0 bridgehead atoms. The molecule has 1 fully saturated rings. The maximum atomic E-state index is 13.8. The third-order valence-electron chi connectivity index (χ3n) is 3.80. The van der Waals surface area contributed by atoms with Crippen LogP contribution in [-0.2, 0) is 0 Å². The van der Waals surface area contributed by atoms with Crippen LogP contribution in [0.5, 0.6) is 0 Å². The van der Waals surface area contributed by atoms with Crippen molar-refractivity contribution in [3.63, 3.8) is 0 Å². The van der Waals surface area contributed by atoms with Crippen LogP contribution in [0.25, 0.3) is 0 Å². The first-order valence-corrected chi connectivity index (χ1v) is 6.57. The van der Waals surface area contributed by atoms with Gasteiger partial charge in [-0.15, -0.1) is 0 Å². The maximum absolute atomic E-state index is 13.8. The van der Waals surface area contributed by atoms with Crippen molar-refractivity contribution >= 4 is 0 Å². The molecule has 1 aromatic carbocycles. The predicted molar refractivity (Wildman–Crippen MR) is 69.7 cm³/mol. The predicted octanol–water partition coefficient (Wildman–Crippen LogP) is 3.63. The average molecular weight is 235 g/mol. The summed E-state index contributed by atoms with van der Waals surface area (Å²) in [5.74, 6) is 0.662. The van der Waals surface area contributed by atoms with E-state index in [9.17, 15) is 4.39 Å². The van der Waals surface area contributed by atoms with Crippen LogP contribution in [0, 0.1) is 18.7 Å². The zero-order valence-electron chi connectivity index (χ0n) is 11.0. The molecule has 0 aliphatic heterocycles. The zero-order chi connectivity index (χ0) is 12.4. The largest absolute Gasteiger partial charge is 0.314 e. The molecule has 0 amide bonds. The van der Waals surface area contributed by atoms with Crippen LogP contribution >= 0.6 is 0 Å². The van der Waals surface area contributed by atoms with E-state index >= 15 is 0 Å². The highest BCUT2D eigenvalue weighted by Crippen LogP contribution is 2.28. The molecule has 0 aromatic heterocycles. The van der Waals surface area contributed by atoms with E-state index in [1.54, 1.807) is 6.07 Å². The number of nitrogens with one attached hydrogen (secondary N) is 1. The first-order chi connectivity index (χ1) is 8.08. The van der Waals surface area contributed by atoms with E-state index in [1.807, 2.05) is 19.1 Å². The molecular formula is C15H22FN. The molecule has 1 N–H and O–H groups in total. The van der Waals surface area contributed by atoms with Crippen molar-refractivity contribution in [2.24, 2.45) is 5.92 Å². The summed E-state index contributed by atoms with van der Waals surface area (Å²) < 4.78 is 13.8. The van der Waals surface area contributed by atoms with Crippen molar-refractivity contribution in [2.45, 2.75) is 45.6 Å². The normalized spacial score (nSPS) is 19.1. The summed E-state index contributed by atoms with van der Waals surface area (Å²) in [7, 11) is 0.